The molecule has 4 aromatic rings. The number of fused-ring (bicyclic) bond motifs is 1. The Morgan fingerprint density at radius 1 is 1.22 bits per heavy atom. The number of imidazole rings is 1. The van der Waals surface area contributed by atoms with Crippen LogP contribution in [-0.4, -0.2) is 20.9 Å². The van der Waals surface area contributed by atoms with Gasteiger partial charge in [-0.15, -0.1) is 0 Å². The molecule has 0 aliphatic heterocycles. The number of nitrogens with zero attached hydrogens (tertiary/aromatic N) is 2. The lowest BCUT2D eigenvalue weighted by molar-refractivity contribution is 0.103. The number of aromatic amines is 1. The van der Waals surface area contributed by atoms with E-state index in [-0.39, 0.29) is 5.91 Å². The van der Waals surface area contributed by atoms with E-state index >= 15 is 0 Å². The molecule has 0 atom stereocenters. The summed E-state index contributed by atoms with van der Waals surface area (Å²) in [6, 6.07) is 11.3. The molecule has 136 valence electrons. The number of carbonyl (C=O) groups is 1. The zero-order valence-electron chi connectivity index (χ0n) is 14.6. The van der Waals surface area contributed by atoms with Crippen LogP contribution in [0.3, 0.4) is 0 Å². The molecule has 0 fully saturated rings. The Morgan fingerprint density at radius 2 is 2.07 bits per heavy atom. The summed E-state index contributed by atoms with van der Waals surface area (Å²) >= 11 is 7.45. The summed E-state index contributed by atoms with van der Waals surface area (Å²) in [5, 5.41) is 7.22. The van der Waals surface area contributed by atoms with E-state index in [2.05, 4.69) is 25.6 Å². The fourth-order valence-electron chi connectivity index (χ4n) is 2.74. The Morgan fingerprint density at radius 3 is 2.89 bits per heavy atom. The minimum absolute atomic E-state index is 0.239. The highest BCUT2D eigenvalue weighted by Gasteiger charge is 2.14. The number of hydrogen-bond acceptors (Lipinski definition) is 5. The van der Waals surface area contributed by atoms with Crippen LogP contribution < -0.4 is 10.6 Å². The molecule has 0 aliphatic rings. The maximum absolute atomic E-state index is 12.5. The van der Waals surface area contributed by atoms with Crippen LogP contribution in [0.2, 0.25) is 5.02 Å². The molecule has 0 bridgehead atoms. The lowest BCUT2D eigenvalue weighted by Crippen LogP contribution is -2.11. The van der Waals surface area contributed by atoms with Crippen molar-refractivity contribution in [1.82, 2.24) is 15.0 Å². The molecule has 6 nitrogen and oxygen atoms in total. The molecule has 2 aromatic heterocycles. The van der Waals surface area contributed by atoms with Crippen molar-refractivity contribution in [2.75, 3.05) is 10.6 Å². The van der Waals surface area contributed by atoms with Crippen molar-refractivity contribution < 1.29 is 4.79 Å². The first-order valence-electron chi connectivity index (χ1n) is 8.25. The number of H-pyrrole nitrogens is 1. The standard InChI is InChI=1S/C19H16ClN5OS/c1-10-4-3-5-13(20)17(10)25-18(26)16-9-21-19(27-16)24-12-6-7-14-15(8-12)23-11(2)22-14/h3-9H,1-2H3,(H,21,24)(H,22,23)(H,25,26). The van der Waals surface area contributed by atoms with Gasteiger partial charge in [0.25, 0.3) is 5.91 Å². The molecule has 4 rings (SSSR count). The van der Waals surface area contributed by atoms with Crippen LogP contribution in [0.15, 0.2) is 42.6 Å². The molecular formula is C19H16ClN5OS. The van der Waals surface area contributed by atoms with Gasteiger partial charge in [-0.1, -0.05) is 35.1 Å². The van der Waals surface area contributed by atoms with Gasteiger partial charge in [0.15, 0.2) is 5.13 Å². The van der Waals surface area contributed by atoms with E-state index in [0.29, 0.717) is 20.7 Å². The number of nitrogens with one attached hydrogen (secondary N) is 3. The lowest BCUT2D eigenvalue weighted by atomic mass is 10.2. The maximum Gasteiger partial charge on any atom is 0.267 e. The van der Waals surface area contributed by atoms with Gasteiger partial charge in [-0.25, -0.2) is 9.97 Å². The molecule has 27 heavy (non-hydrogen) atoms. The predicted octanol–water partition coefficient (Wildman–Crippen LogP) is 5.29. The zero-order chi connectivity index (χ0) is 19.0. The number of benzene rings is 2. The Balaban J connectivity index is 1.51. The minimum atomic E-state index is -0.239. The third kappa shape index (κ3) is 3.65. The fraction of sp³-hybridized carbons (Fsp3) is 0.105. The number of aryl methyl sites for hydroxylation is 2. The van der Waals surface area contributed by atoms with Crippen molar-refractivity contribution >= 4 is 56.4 Å². The summed E-state index contributed by atoms with van der Waals surface area (Å²) in [6.07, 6.45) is 1.55. The van der Waals surface area contributed by atoms with Gasteiger partial charge in [0, 0.05) is 5.69 Å². The second-order valence-electron chi connectivity index (χ2n) is 6.09. The number of halogens is 1. The largest absolute Gasteiger partial charge is 0.342 e. The Kier molecular flexibility index (Phi) is 4.55. The number of para-hydroxylation sites is 1. The Labute approximate surface area is 164 Å². The Bertz CT molecular complexity index is 1130. The molecule has 2 aromatic carbocycles. The van der Waals surface area contributed by atoms with Gasteiger partial charge in [-0.3, -0.25) is 4.79 Å². The number of amides is 1. The quantitative estimate of drug-likeness (QED) is 0.437. The van der Waals surface area contributed by atoms with Crippen molar-refractivity contribution in [3.05, 3.63) is 63.9 Å². The molecule has 2 heterocycles. The summed E-state index contributed by atoms with van der Waals surface area (Å²) < 4.78 is 0. The number of aromatic nitrogens is 3. The van der Waals surface area contributed by atoms with Gasteiger partial charge in [0.05, 0.1) is 27.9 Å². The third-order valence-electron chi connectivity index (χ3n) is 4.04. The van der Waals surface area contributed by atoms with Crippen molar-refractivity contribution in [2.45, 2.75) is 13.8 Å². The van der Waals surface area contributed by atoms with Gasteiger partial charge in [-0.2, -0.15) is 0 Å². The molecule has 1 amide bonds. The molecule has 0 saturated heterocycles. The Hall–Kier alpha value is -2.90. The van der Waals surface area contributed by atoms with Gasteiger partial charge in [0.2, 0.25) is 0 Å². The van der Waals surface area contributed by atoms with E-state index in [9.17, 15) is 4.79 Å². The average Bonchev–Trinajstić information content (AvgIpc) is 3.23. The van der Waals surface area contributed by atoms with Crippen LogP contribution in [0.5, 0.6) is 0 Å². The number of rotatable bonds is 4. The van der Waals surface area contributed by atoms with Crippen molar-refractivity contribution in [3.8, 4) is 0 Å². The maximum atomic E-state index is 12.5. The van der Waals surface area contributed by atoms with Crippen LogP contribution in [0, 0.1) is 13.8 Å². The smallest absolute Gasteiger partial charge is 0.267 e. The van der Waals surface area contributed by atoms with E-state index in [1.807, 2.05) is 44.2 Å². The first-order valence-corrected chi connectivity index (χ1v) is 9.45. The third-order valence-corrected chi connectivity index (χ3v) is 5.27. The minimum Gasteiger partial charge on any atom is -0.342 e. The summed E-state index contributed by atoms with van der Waals surface area (Å²) in [4.78, 5) is 24.9. The highest BCUT2D eigenvalue weighted by molar-refractivity contribution is 7.17. The molecule has 0 saturated carbocycles. The first-order chi connectivity index (χ1) is 13.0. The highest BCUT2D eigenvalue weighted by atomic mass is 35.5. The number of hydrogen-bond donors (Lipinski definition) is 3. The van der Waals surface area contributed by atoms with Crippen molar-refractivity contribution in [3.63, 3.8) is 0 Å². The molecular weight excluding hydrogens is 382 g/mol. The van der Waals surface area contributed by atoms with E-state index in [1.165, 1.54) is 11.3 Å². The van der Waals surface area contributed by atoms with Gasteiger partial charge < -0.3 is 15.6 Å². The molecule has 3 N–H and O–H groups in total. The molecule has 0 aliphatic carbocycles. The normalized spacial score (nSPS) is 10.9. The predicted molar refractivity (Wildman–Crippen MR) is 110 cm³/mol. The topological polar surface area (TPSA) is 82.7 Å². The van der Waals surface area contributed by atoms with E-state index < -0.39 is 0 Å². The molecule has 0 spiro atoms. The van der Waals surface area contributed by atoms with E-state index in [0.717, 1.165) is 28.1 Å². The van der Waals surface area contributed by atoms with Crippen LogP contribution >= 0.6 is 22.9 Å². The fourth-order valence-corrected chi connectivity index (χ4v) is 3.74. The monoisotopic (exact) mass is 397 g/mol. The van der Waals surface area contributed by atoms with Gasteiger partial charge >= 0.3 is 0 Å². The summed E-state index contributed by atoms with van der Waals surface area (Å²) in [5.74, 6) is 0.626. The van der Waals surface area contributed by atoms with E-state index in [4.69, 9.17) is 11.6 Å². The van der Waals surface area contributed by atoms with Crippen LogP contribution in [0.1, 0.15) is 21.1 Å². The zero-order valence-corrected chi connectivity index (χ0v) is 16.2. The first kappa shape index (κ1) is 17.5. The second kappa shape index (κ2) is 7.02. The average molecular weight is 398 g/mol. The summed E-state index contributed by atoms with van der Waals surface area (Å²) in [7, 11) is 0. The SMILES string of the molecule is Cc1nc2ccc(Nc3ncc(C(=O)Nc4c(C)cccc4Cl)s3)cc2[nH]1. The molecule has 0 radical (unpaired) electrons. The summed E-state index contributed by atoms with van der Waals surface area (Å²) in [5.41, 5.74) is 4.25. The molecule has 0 unspecified atom stereocenters. The van der Waals surface area contributed by atoms with Crippen LogP contribution in [0.25, 0.3) is 11.0 Å². The second-order valence-corrected chi connectivity index (χ2v) is 7.53. The van der Waals surface area contributed by atoms with Gasteiger partial charge in [-0.05, 0) is 43.7 Å². The summed E-state index contributed by atoms with van der Waals surface area (Å²) in [6.45, 7) is 3.81. The van der Waals surface area contributed by atoms with Crippen molar-refractivity contribution in [2.24, 2.45) is 0 Å². The van der Waals surface area contributed by atoms with E-state index in [1.54, 1.807) is 12.3 Å². The highest BCUT2D eigenvalue weighted by Crippen LogP contribution is 2.28. The van der Waals surface area contributed by atoms with Crippen molar-refractivity contribution in [1.29, 1.82) is 0 Å². The lowest BCUT2D eigenvalue weighted by Gasteiger charge is -2.08. The molecule has 8 heteroatoms. The van der Waals surface area contributed by atoms with Crippen LogP contribution in [0.4, 0.5) is 16.5 Å². The van der Waals surface area contributed by atoms with Crippen LogP contribution in [-0.2, 0) is 0 Å². The number of anilines is 3. The number of carbonyl (C=O) groups excluding carboxylic acids is 1. The van der Waals surface area contributed by atoms with Gasteiger partial charge in [0.1, 0.15) is 10.7 Å². The number of thiazole rings is 1.